The normalized spacial score (nSPS) is 53.5. The van der Waals surface area contributed by atoms with Crippen LogP contribution in [0.2, 0.25) is 0 Å². The molecular formula is C12H22O10. The molecule has 0 aliphatic carbocycles. The van der Waals surface area contributed by atoms with Crippen LogP contribution in [0, 0.1) is 0 Å². The number of aliphatic hydroxyl groups excluding tert-OH is 7. The van der Waals surface area contributed by atoms with Gasteiger partial charge in [0.25, 0.3) is 0 Å². The Hall–Kier alpha value is -0.400. The van der Waals surface area contributed by atoms with E-state index >= 15 is 0 Å². The van der Waals surface area contributed by atoms with Gasteiger partial charge in [0, 0.05) is 0 Å². The minimum absolute atomic E-state index is 0.620. The van der Waals surface area contributed by atoms with Gasteiger partial charge in [0.15, 0.2) is 12.6 Å². The second kappa shape index (κ2) is 7.01. The first-order valence-corrected chi connectivity index (χ1v) is 6.93. The third-order valence-electron chi connectivity index (χ3n) is 3.94. The van der Waals surface area contributed by atoms with Crippen LogP contribution in [0.3, 0.4) is 0 Å². The monoisotopic (exact) mass is 326 g/mol. The summed E-state index contributed by atoms with van der Waals surface area (Å²) < 4.78 is 15.5. The van der Waals surface area contributed by atoms with E-state index in [0.717, 1.165) is 0 Å². The first-order chi connectivity index (χ1) is 10.3. The van der Waals surface area contributed by atoms with E-state index in [-0.39, 0.29) is 0 Å². The number of aliphatic hydroxyl groups is 7. The molecule has 0 radical (unpaired) electrons. The van der Waals surface area contributed by atoms with Crippen molar-refractivity contribution in [3.63, 3.8) is 0 Å². The SMILES string of the molecule is C[C@H]1O[C@H](O)[C@H](O)[C@@H](O)[C@@H]1O[C@@H]1O[C@H](CO)[C@@H](O)[C@H](O)[C@H]1O. The molecule has 2 aliphatic heterocycles. The summed E-state index contributed by atoms with van der Waals surface area (Å²) in [5, 5.41) is 67.2. The molecule has 2 fully saturated rings. The average Bonchev–Trinajstić information content (AvgIpc) is 2.49. The molecule has 2 aliphatic rings. The summed E-state index contributed by atoms with van der Waals surface area (Å²) in [5.41, 5.74) is 0. The maximum atomic E-state index is 9.92. The molecule has 0 amide bonds. The molecular weight excluding hydrogens is 304 g/mol. The van der Waals surface area contributed by atoms with Gasteiger partial charge in [-0.2, -0.15) is 0 Å². The Morgan fingerprint density at radius 2 is 1.45 bits per heavy atom. The van der Waals surface area contributed by atoms with Gasteiger partial charge in [-0.15, -0.1) is 0 Å². The van der Waals surface area contributed by atoms with Crippen LogP contribution in [0.15, 0.2) is 0 Å². The van der Waals surface area contributed by atoms with Gasteiger partial charge in [-0.3, -0.25) is 0 Å². The Kier molecular flexibility index (Phi) is 5.72. The van der Waals surface area contributed by atoms with Gasteiger partial charge in [-0.05, 0) is 6.92 Å². The Morgan fingerprint density at radius 3 is 2.05 bits per heavy atom. The Bertz CT molecular complexity index is 366. The highest BCUT2D eigenvalue weighted by atomic mass is 16.7. The molecule has 22 heavy (non-hydrogen) atoms. The van der Waals surface area contributed by atoms with Gasteiger partial charge in [-0.25, -0.2) is 0 Å². The summed E-state index contributed by atoms with van der Waals surface area (Å²) in [4.78, 5) is 0. The zero-order valence-corrected chi connectivity index (χ0v) is 11.8. The van der Waals surface area contributed by atoms with E-state index in [1.165, 1.54) is 6.92 Å². The maximum Gasteiger partial charge on any atom is 0.187 e. The molecule has 0 spiro atoms. The lowest BCUT2D eigenvalue weighted by Crippen LogP contribution is -2.63. The van der Waals surface area contributed by atoms with Crippen LogP contribution in [-0.4, -0.2) is 104 Å². The lowest BCUT2D eigenvalue weighted by molar-refractivity contribution is -0.351. The van der Waals surface area contributed by atoms with Gasteiger partial charge in [0.05, 0.1) is 12.7 Å². The fraction of sp³-hybridized carbons (Fsp3) is 1.00. The molecule has 10 atom stereocenters. The summed E-state index contributed by atoms with van der Waals surface area (Å²) in [7, 11) is 0. The summed E-state index contributed by atoms with van der Waals surface area (Å²) in [6.07, 6.45) is -14.2. The van der Waals surface area contributed by atoms with Gasteiger partial charge in [-0.1, -0.05) is 0 Å². The zero-order chi connectivity index (χ0) is 16.6. The van der Waals surface area contributed by atoms with E-state index in [1.54, 1.807) is 0 Å². The van der Waals surface area contributed by atoms with Gasteiger partial charge >= 0.3 is 0 Å². The molecule has 0 aromatic heterocycles. The highest BCUT2D eigenvalue weighted by molar-refractivity contribution is 4.92. The molecule has 7 N–H and O–H groups in total. The second-order valence-corrected chi connectivity index (χ2v) is 5.51. The van der Waals surface area contributed by atoms with E-state index < -0.39 is 68.0 Å². The van der Waals surface area contributed by atoms with Crippen LogP contribution in [0.1, 0.15) is 6.92 Å². The molecule has 2 rings (SSSR count). The minimum Gasteiger partial charge on any atom is -0.394 e. The number of rotatable bonds is 3. The van der Waals surface area contributed by atoms with Gasteiger partial charge in [0.1, 0.15) is 42.7 Å². The van der Waals surface area contributed by atoms with Crippen LogP contribution in [0.4, 0.5) is 0 Å². The summed E-state index contributed by atoms with van der Waals surface area (Å²) in [6.45, 7) is 0.846. The van der Waals surface area contributed by atoms with Crippen molar-refractivity contribution in [1.82, 2.24) is 0 Å². The predicted octanol–water partition coefficient (Wildman–Crippen LogP) is -4.37. The second-order valence-electron chi connectivity index (χ2n) is 5.51. The van der Waals surface area contributed by atoms with Crippen molar-refractivity contribution in [1.29, 1.82) is 0 Å². The average molecular weight is 326 g/mol. The van der Waals surface area contributed by atoms with Crippen molar-refractivity contribution in [2.24, 2.45) is 0 Å². The highest BCUT2D eigenvalue weighted by Crippen LogP contribution is 2.28. The molecule has 0 unspecified atom stereocenters. The summed E-state index contributed by atoms with van der Waals surface area (Å²) in [6, 6.07) is 0. The lowest BCUT2D eigenvalue weighted by atomic mass is 9.97. The van der Waals surface area contributed by atoms with E-state index in [1.807, 2.05) is 0 Å². The number of ether oxygens (including phenoxy) is 3. The van der Waals surface area contributed by atoms with Crippen molar-refractivity contribution in [3.8, 4) is 0 Å². The quantitative estimate of drug-likeness (QED) is 0.269. The molecule has 2 saturated heterocycles. The third-order valence-corrected chi connectivity index (χ3v) is 3.94. The van der Waals surface area contributed by atoms with Crippen molar-refractivity contribution in [3.05, 3.63) is 0 Å². The smallest absolute Gasteiger partial charge is 0.187 e. The largest absolute Gasteiger partial charge is 0.394 e. The van der Waals surface area contributed by atoms with Crippen LogP contribution in [0.25, 0.3) is 0 Å². The first kappa shape index (κ1) is 17.9. The molecule has 130 valence electrons. The van der Waals surface area contributed by atoms with E-state index in [4.69, 9.17) is 19.3 Å². The van der Waals surface area contributed by atoms with Crippen molar-refractivity contribution in [2.45, 2.75) is 68.3 Å². The highest BCUT2D eigenvalue weighted by Gasteiger charge is 2.49. The standard InChI is InChI=1S/C12H22O10/c1-3-10(7(16)8(17)11(19)20-3)22-12-9(18)6(15)5(14)4(2-13)21-12/h3-19H,2H2,1H3/t3-,4-,5-,6+,7-,8-,9-,10-,11+,12+/m1/s1. The fourth-order valence-electron chi connectivity index (χ4n) is 2.54. The van der Waals surface area contributed by atoms with E-state index in [0.29, 0.717) is 0 Å². The number of hydrogen-bond donors (Lipinski definition) is 7. The molecule has 0 aromatic carbocycles. The van der Waals surface area contributed by atoms with Crippen molar-refractivity contribution >= 4 is 0 Å². The van der Waals surface area contributed by atoms with Crippen molar-refractivity contribution in [2.75, 3.05) is 6.61 Å². The predicted molar refractivity (Wildman–Crippen MR) is 67.2 cm³/mol. The van der Waals surface area contributed by atoms with Gasteiger partial charge < -0.3 is 50.0 Å². The minimum atomic E-state index is -1.64. The Labute approximate surface area is 126 Å². The molecule has 10 heteroatoms. The molecule has 2 heterocycles. The fourth-order valence-corrected chi connectivity index (χ4v) is 2.54. The maximum absolute atomic E-state index is 9.92. The topological polar surface area (TPSA) is 169 Å². The van der Waals surface area contributed by atoms with E-state index in [9.17, 15) is 30.6 Å². The van der Waals surface area contributed by atoms with E-state index in [2.05, 4.69) is 0 Å². The van der Waals surface area contributed by atoms with Crippen LogP contribution >= 0.6 is 0 Å². The number of hydrogen-bond acceptors (Lipinski definition) is 10. The van der Waals surface area contributed by atoms with Crippen LogP contribution < -0.4 is 0 Å². The van der Waals surface area contributed by atoms with Crippen LogP contribution in [-0.2, 0) is 14.2 Å². The summed E-state index contributed by atoms with van der Waals surface area (Å²) >= 11 is 0. The first-order valence-electron chi connectivity index (χ1n) is 6.93. The molecule has 0 saturated carbocycles. The molecule has 0 bridgehead atoms. The zero-order valence-electron chi connectivity index (χ0n) is 11.8. The Balaban J connectivity index is 2.08. The summed E-state index contributed by atoms with van der Waals surface area (Å²) in [5.74, 6) is 0. The Morgan fingerprint density at radius 1 is 0.818 bits per heavy atom. The third kappa shape index (κ3) is 3.26. The lowest BCUT2D eigenvalue weighted by Gasteiger charge is -2.44. The van der Waals surface area contributed by atoms with Gasteiger partial charge in [0.2, 0.25) is 0 Å². The van der Waals surface area contributed by atoms with Crippen molar-refractivity contribution < 1.29 is 50.0 Å². The molecule has 0 aromatic rings. The molecule has 10 nitrogen and oxygen atoms in total. The van der Waals surface area contributed by atoms with Crippen LogP contribution in [0.5, 0.6) is 0 Å².